The number of para-hydroxylation sites is 1. The van der Waals surface area contributed by atoms with E-state index in [0.29, 0.717) is 12.1 Å². The monoisotopic (exact) mass is 445 g/mol. The van der Waals surface area contributed by atoms with Crippen LogP contribution in [-0.2, 0) is 9.53 Å². The minimum atomic E-state index is -0.413. The number of carbonyl (C=O) groups is 1. The van der Waals surface area contributed by atoms with Crippen LogP contribution in [0.15, 0.2) is 60.7 Å². The first kappa shape index (κ1) is 20.9. The summed E-state index contributed by atoms with van der Waals surface area (Å²) >= 11 is 0. The first-order valence-electron chi connectivity index (χ1n) is 9.86. The van der Waals surface area contributed by atoms with Crippen molar-refractivity contribution in [2.24, 2.45) is 0 Å². The number of fused-ring (bicyclic) bond motifs is 2. The van der Waals surface area contributed by atoms with Gasteiger partial charge in [-0.3, -0.25) is 4.79 Å². The number of ether oxygens (including phenoxy) is 2. The number of esters is 1. The topological polar surface area (TPSA) is 38.8 Å². The Morgan fingerprint density at radius 1 is 1.00 bits per heavy atom. The fourth-order valence-corrected chi connectivity index (χ4v) is 4.39. The summed E-state index contributed by atoms with van der Waals surface area (Å²) in [6.45, 7) is 0.284. The molecule has 0 radical (unpaired) electrons. The van der Waals surface area contributed by atoms with E-state index in [9.17, 15) is 4.79 Å². The van der Waals surface area contributed by atoms with E-state index in [0.717, 1.165) is 24.2 Å². The maximum atomic E-state index is 13.0. The van der Waals surface area contributed by atoms with Crippen LogP contribution in [0.4, 0.5) is 0 Å². The molecule has 2 aliphatic heterocycles. The minimum absolute atomic E-state index is 0. The number of nitrogens with zero attached hydrogens (tertiary/aromatic N) is 1. The van der Waals surface area contributed by atoms with Gasteiger partial charge in [-0.15, -0.1) is 17.0 Å². The quantitative estimate of drug-likeness (QED) is 0.609. The molecule has 2 aromatic rings. The van der Waals surface area contributed by atoms with E-state index >= 15 is 0 Å². The highest BCUT2D eigenvalue weighted by atomic mass is 79.9. The molecular formula is C23H28BrNO3. The van der Waals surface area contributed by atoms with Gasteiger partial charge in [0.1, 0.15) is 24.4 Å². The molecule has 2 unspecified atom stereocenters. The highest BCUT2D eigenvalue weighted by Gasteiger charge is 2.40. The molecule has 28 heavy (non-hydrogen) atoms. The molecule has 2 aliphatic rings. The van der Waals surface area contributed by atoms with Gasteiger partial charge in [-0.25, -0.2) is 0 Å². The molecule has 150 valence electrons. The van der Waals surface area contributed by atoms with E-state index < -0.39 is 5.92 Å². The van der Waals surface area contributed by atoms with Crippen molar-refractivity contribution in [3.05, 3.63) is 66.2 Å². The Hall–Kier alpha value is -1.85. The van der Waals surface area contributed by atoms with Crippen molar-refractivity contribution in [1.29, 1.82) is 0 Å². The standard InChI is InChI=1S/C23H27NO3.BrH/c1-24-18-12-13-19(24)15-21(14-18)27-23(25)22(17-8-4-2-5-9-17)16-26-20-10-6-3-7-11-20;/h2-11,18-19,21-22H,12-16H2,1H3;1H/t18-,19+,21?,22?;. The second kappa shape index (κ2) is 9.57. The molecule has 0 aliphatic carbocycles. The molecule has 2 aromatic carbocycles. The van der Waals surface area contributed by atoms with Crippen molar-refractivity contribution in [3.8, 4) is 5.75 Å². The summed E-state index contributed by atoms with van der Waals surface area (Å²) < 4.78 is 11.9. The molecule has 4 atom stereocenters. The van der Waals surface area contributed by atoms with Crippen LogP contribution in [-0.4, -0.2) is 42.7 Å². The van der Waals surface area contributed by atoms with Crippen LogP contribution < -0.4 is 4.74 Å². The lowest BCUT2D eigenvalue weighted by Crippen LogP contribution is -2.44. The Morgan fingerprint density at radius 3 is 2.18 bits per heavy atom. The molecule has 2 bridgehead atoms. The van der Waals surface area contributed by atoms with E-state index in [1.54, 1.807) is 0 Å². The number of carbonyl (C=O) groups excluding carboxylic acids is 1. The summed E-state index contributed by atoms with van der Waals surface area (Å²) in [5.74, 6) is 0.179. The van der Waals surface area contributed by atoms with Gasteiger partial charge in [0.05, 0.1) is 0 Å². The minimum Gasteiger partial charge on any atom is -0.492 e. The number of hydrogen-bond acceptors (Lipinski definition) is 4. The summed E-state index contributed by atoms with van der Waals surface area (Å²) in [7, 11) is 2.20. The SMILES string of the molecule is Br.CN1[C@@H]2CC[C@H]1CC(OC(=O)C(COc1ccccc1)c1ccccc1)C2. The van der Waals surface area contributed by atoms with Crippen LogP contribution in [0.2, 0.25) is 0 Å². The first-order chi connectivity index (χ1) is 13.2. The van der Waals surface area contributed by atoms with Crippen LogP contribution in [0.1, 0.15) is 37.2 Å². The number of rotatable bonds is 6. The van der Waals surface area contributed by atoms with Crippen LogP contribution in [0.3, 0.4) is 0 Å². The lowest BCUT2D eigenvalue weighted by Gasteiger charge is -2.36. The van der Waals surface area contributed by atoms with Gasteiger partial charge in [0, 0.05) is 12.1 Å². The Morgan fingerprint density at radius 2 is 1.57 bits per heavy atom. The predicted octanol–water partition coefficient (Wildman–Crippen LogP) is 4.60. The highest BCUT2D eigenvalue weighted by Crippen LogP contribution is 2.36. The molecule has 0 spiro atoms. The van der Waals surface area contributed by atoms with Gasteiger partial charge in [0.25, 0.3) is 0 Å². The third kappa shape index (κ3) is 4.76. The van der Waals surface area contributed by atoms with Crippen molar-refractivity contribution in [1.82, 2.24) is 4.90 Å². The van der Waals surface area contributed by atoms with Gasteiger partial charge in [-0.05, 0) is 50.4 Å². The Bertz CT molecular complexity index is 741. The van der Waals surface area contributed by atoms with Gasteiger partial charge >= 0.3 is 5.97 Å². The largest absolute Gasteiger partial charge is 0.492 e. The maximum Gasteiger partial charge on any atom is 0.317 e. The van der Waals surface area contributed by atoms with Crippen molar-refractivity contribution in [2.75, 3.05) is 13.7 Å². The maximum absolute atomic E-state index is 13.0. The van der Waals surface area contributed by atoms with Crippen LogP contribution in [0, 0.1) is 0 Å². The Balaban J connectivity index is 0.00000225. The zero-order valence-corrected chi connectivity index (χ0v) is 17.9. The predicted molar refractivity (Wildman–Crippen MR) is 115 cm³/mol. The third-order valence-electron chi connectivity index (χ3n) is 5.98. The lowest BCUT2D eigenvalue weighted by molar-refractivity contribution is -0.155. The Kier molecular flexibility index (Phi) is 7.13. The van der Waals surface area contributed by atoms with E-state index in [4.69, 9.17) is 9.47 Å². The molecule has 0 aromatic heterocycles. The molecule has 0 N–H and O–H groups in total. The van der Waals surface area contributed by atoms with E-state index in [2.05, 4.69) is 11.9 Å². The van der Waals surface area contributed by atoms with Crippen molar-refractivity contribution in [2.45, 2.75) is 49.8 Å². The van der Waals surface area contributed by atoms with E-state index in [1.165, 1.54) is 12.8 Å². The van der Waals surface area contributed by atoms with Gasteiger partial charge < -0.3 is 14.4 Å². The fraction of sp³-hybridized carbons (Fsp3) is 0.435. The molecule has 0 amide bonds. The molecule has 2 fully saturated rings. The number of hydrogen-bond donors (Lipinski definition) is 0. The lowest BCUT2D eigenvalue weighted by atomic mass is 9.98. The fourth-order valence-electron chi connectivity index (χ4n) is 4.39. The number of piperidine rings is 1. The second-order valence-corrected chi connectivity index (χ2v) is 7.67. The van der Waals surface area contributed by atoms with Crippen molar-refractivity contribution in [3.63, 3.8) is 0 Å². The summed E-state index contributed by atoms with van der Waals surface area (Å²) in [6.07, 6.45) is 4.34. The first-order valence-corrected chi connectivity index (χ1v) is 9.86. The number of benzene rings is 2. The summed E-state index contributed by atoms with van der Waals surface area (Å²) in [5.41, 5.74) is 0.939. The smallest absolute Gasteiger partial charge is 0.317 e. The van der Waals surface area contributed by atoms with Crippen LogP contribution in [0.5, 0.6) is 5.75 Å². The molecule has 5 heteroatoms. The highest BCUT2D eigenvalue weighted by molar-refractivity contribution is 8.93. The van der Waals surface area contributed by atoms with Gasteiger partial charge in [-0.1, -0.05) is 48.5 Å². The molecule has 2 saturated heterocycles. The Labute approximate surface area is 177 Å². The molecule has 0 saturated carbocycles. The average molecular weight is 446 g/mol. The van der Waals surface area contributed by atoms with Crippen molar-refractivity contribution < 1.29 is 14.3 Å². The zero-order valence-electron chi connectivity index (χ0n) is 16.2. The van der Waals surface area contributed by atoms with Gasteiger partial charge in [-0.2, -0.15) is 0 Å². The summed E-state index contributed by atoms with van der Waals surface area (Å²) in [4.78, 5) is 15.5. The second-order valence-electron chi connectivity index (χ2n) is 7.67. The zero-order chi connectivity index (χ0) is 18.6. The molecular weight excluding hydrogens is 418 g/mol. The van der Waals surface area contributed by atoms with Crippen LogP contribution in [0.25, 0.3) is 0 Å². The molecule has 2 heterocycles. The summed E-state index contributed by atoms with van der Waals surface area (Å²) in [5, 5.41) is 0. The van der Waals surface area contributed by atoms with E-state index in [1.807, 2.05) is 60.7 Å². The number of halogens is 1. The third-order valence-corrected chi connectivity index (χ3v) is 5.98. The van der Waals surface area contributed by atoms with E-state index in [-0.39, 0.29) is 35.7 Å². The average Bonchev–Trinajstić information content (AvgIpc) is 2.91. The molecule has 4 nitrogen and oxygen atoms in total. The van der Waals surface area contributed by atoms with Gasteiger partial charge in [0.15, 0.2) is 0 Å². The summed E-state index contributed by atoms with van der Waals surface area (Å²) in [6, 6.07) is 20.5. The van der Waals surface area contributed by atoms with Crippen molar-refractivity contribution >= 4 is 23.0 Å². The molecule has 4 rings (SSSR count). The van der Waals surface area contributed by atoms with Gasteiger partial charge in [0.2, 0.25) is 0 Å². The normalized spacial score (nSPS) is 24.8. The van der Waals surface area contributed by atoms with Crippen LogP contribution >= 0.6 is 17.0 Å².